The summed E-state index contributed by atoms with van der Waals surface area (Å²) in [6.07, 6.45) is 2.52. The van der Waals surface area contributed by atoms with Crippen LogP contribution < -0.4 is 5.73 Å². The molecule has 0 fully saturated rings. The summed E-state index contributed by atoms with van der Waals surface area (Å²) < 4.78 is 10.9. The summed E-state index contributed by atoms with van der Waals surface area (Å²) in [7, 11) is 1.69. The predicted octanol–water partition coefficient (Wildman–Crippen LogP) is 5.41. The Morgan fingerprint density at radius 2 is 1.83 bits per heavy atom. The molecule has 0 radical (unpaired) electrons. The number of methoxy groups -OCH3 is 1. The molecule has 0 unspecified atom stereocenters. The Kier molecular flexibility index (Phi) is 5.79. The van der Waals surface area contributed by atoms with Crippen molar-refractivity contribution < 1.29 is 9.26 Å². The van der Waals surface area contributed by atoms with Crippen LogP contribution in [0.5, 0.6) is 0 Å². The van der Waals surface area contributed by atoms with E-state index in [9.17, 15) is 0 Å². The first-order chi connectivity index (χ1) is 14.6. The van der Waals surface area contributed by atoms with Crippen LogP contribution in [0.3, 0.4) is 0 Å². The zero-order valence-electron chi connectivity index (χ0n) is 16.7. The number of nitrogens with zero attached hydrogens (tertiary/aromatic N) is 3. The van der Waals surface area contributed by atoms with Gasteiger partial charge in [-0.25, -0.2) is 4.98 Å². The fraction of sp³-hybridized carbons (Fsp3) is 0.174. The first kappa shape index (κ1) is 20.1. The third-order valence-electron chi connectivity index (χ3n) is 4.89. The van der Waals surface area contributed by atoms with Crippen LogP contribution in [0.1, 0.15) is 18.1 Å². The van der Waals surface area contributed by atoms with Gasteiger partial charge in [-0.1, -0.05) is 54.0 Å². The lowest BCUT2D eigenvalue weighted by Crippen LogP contribution is -1.96. The minimum Gasteiger partial charge on any atom is -0.382 e. The molecule has 2 heterocycles. The molecule has 0 aliphatic carbocycles. The van der Waals surface area contributed by atoms with Gasteiger partial charge in [-0.2, -0.15) is 4.98 Å². The molecule has 0 aliphatic heterocycles. The third-order valence-corrected chi connectivity index (χ3v) is 5.20. The number of hydrogen-bond acceptors (Lipinski definition) is 6. The summed E-state index contributed by atoms with van der Waals surface area (Å²) in [4.78, 5) is 8.55. The van der Waals surface area contributed by atoms with Gasteiger partial charge in [0.1, 0.15) is 5.82 Å². The Labute approximate surface area is 179 Å². The normalized spacial score (nSPS) is 11.0. The maximum atomic E-state index is 6.06. The summed E-state index contributed by atoms with van der Waals surface area (Å²) >= 11 is 6.06. The van der Waals surface area contributed by atoms with Crippen molar-refractivity contribution in [3.8, 4) is 34.0 Å². The van der Waals surface area contributed by atoms with Crippen molar-refractivity contribution in [2.75, 3.05) is 12.8 Å². The molecule has 4 aromatic rings. The van der Waals surface area contributed by atoms with Crippen molar-refractivity contribution >= 4 is 17.4 Å². The SMILES string of the molecule is CCc1ccccc1-c1ccc(-c2nc(-c3cnc(N)c(Cl)c3)no2)cc1COC. The van der Waals surface area contributed by atoms with Crippen LogP contribution in [0.4, 0.5) is 5.82 Å². The lowest BCUT2D eigenvalue weighted by molar-refractivity contribution is 0.185. The molecule has 0 saturated carbocycles. The average Bonchev–Trinajstić information content (AvgIpc) is 3.26. The van der Waals surface area contributed by atoms with Crippen LogP contribution in [-0.2, 0) is 17.8 Å². The van der Waals surface area contributed by atoms with Gasteiger partial charge in [0.05, 0.1) is 11.6 Å². The van der Waals surface area contributed by atoms with Gasteiger partial charge in [0.15, 0.2) is 0 Å². The minimum atomic E-state index is 0.260. The number of anilines is 1. The molecule has 2 aromatic carbocycles. The zero-order valence-corrected chi connectivity index (χ0v) is 17.5. The number of aryl methyl sites for hydroxylation is 1. The fourth-order valence-electron chi connectivity index (χ4n) is 3.38. The first-order valence-electron chi connectivity index (χ1n) is 9.56. The van der Waals surface area contributed by atoms with E-state index in [-0.39, 0.29) is 5.82 Å². The zero-order chi connectivity index (χ0) is 21.1. The number of aromatic nitrogens is 3. The fourth-order valence-corrected chi connectivity index (χ4v) is 3.55. The van der Waals surface area contributed by atoms with E-state index in [2.05, 4.69) is 52.4 Å². The van der Waals surface area contributed by atoms with Gasteiger partial charge in [-0.3, -0.25) is 0 Å². The second-order valence-electron chi connectivity index (χ2n) is 6.83. The Morgan fingerprint density at radius 1 is 1.03 bits per heavy atom. The van der Waals surface area contributed by atoms with Crippen molar-refractivity contribution in [2.24, 2.45) is 0 Å². The van der Waals surface area contributed by atoms with E-state index in [1.807, 2.05) is 12.1 Å². The highest BCUT2D eigenvalue weighted by Gasteiger charge is 2.15. The van der Waals surface area contributed by atoms with E-state index in [1.165, 1.54) is 11.1 Å². The maximum Gasteiger partial charge on any atom is 0.258 e. The molecule has 0 bridgehead atoms. The second kappa shape index (κ2) is 8.65. The van der Waals surface area contributed by atoms with Crippen molar-refractivity contribution in [1.29, 1.82) is 0 Å². The topological polar surface area (TPSA) is 87.1 Å². The lowest BCUT2D eigenvalue weighted by atomic mass is 9.93. The highest BCUT2D eigenvalue weighted by atomic mass is 35.5. The van der Waals surface area contributed by atoms with Gasteiger partial charge in [-0.05, 0) is 46.9 Å². The largest absolute Gasteiger partial charge is 0.382 e. The molecule has 4 rings (SSSR count). The van der Waals surface area contributed by atoms with Crippen LogP contribution in [0, 0.1) is 0 Å². The monoisotopic (exact) mass is 420 g/mol. The van der Waals surface area contributed by atoms with Crippen LogP contribution in [0.25, 0.3) is 34.0 Å². The number of nitrogen functional groups attached to an aromatic ring is 1. The highest BCUT2D eigenvalue weighted by molar-refractivity contribution is 6.33. The molecular formula is C23H21ClN4O2. The smallest absolute Gasteiger partial charge is 0.258 e. The van der Waals surface area contributed by atoms with Crippen LogP contribution in [-0.4, -0.2) is 22.2 Å². The molecule has 0 amide bonds. The van der Waals surface area contributed by atoms with Crippen molar-refractivity contribution in [3.05, 3.63) is 70.9 Å². The number of nitrogens with two attached hydrogens (primary N) is 1. The molecule has 30 heavy (non-hydrogen) atoms. The maximum absolute atomic E-state index is 6.06. The Balaban J connectivity index is 1.73. The minimum absolute atomic E-state index is 0.260. The average molecular weight is 421 g/mol. The Morgan fingerprint density at radius 3 is 2.60 bits per heavy atom. The lowest BCUT2D eigenvalue weighted by Gasteiger charge is -2.13. The van der Waals surface area contributed by atoms with Gasteiger partial charge in [-0.15, -0.1) is 0 Å². The van der Waals surface area contributed by atoms with Crippen LogP contribution in [0.15, 0.2) is 59.3 Å². The van der Waals surface area contributed by atoms with Crippen LogP contribution >= 0.6 is 11.6 Å². The Hall–Kier alpha value is -3.22. The second-order valence-corrected chi connectivity index (χ2v) is 7.24. The van der Waals surface area contributed by atoms with E-state index in [4.69, 9.17) is 26.6 Å². The van der Waals surface area contributed by atoms with E-state index in [0.29, 0.717) is 28.9 Å². The number of hydrogen-bond donors (Lipinski definition) is 1. The van der Waals surface area contributed by atoms with Gasteiger partial charge in [0, 0.05) is 24.4 Å². The van der Waals surface area contributed by atoms with E-state index >= 15 is 0 Å². The van der Waals surface area contributed by atoms with Crippen molar-refractivity contribution in [1.82, 2.24) is 15.1 Å². The summed E-state index contributed by atoms with van der Waals surface area (Å²) in [6.45, 7) is 2.63. The van der Waals surface area contributed by atoms with Crippen LogP contribution in [0.2, 0.25) is 5.02 Å². The van der Waals surface area contributed by atoms with Gasteiger partial charge in [0.2, 0.25) is 5.82 Å². The highest BCUT2D eigenvalue weighted by Crippen LogP contribution is 2.32. The number of benzene rings is 2. The summed E-state index contributed by atoms with van der Waals surface area (Å²) in [5.74, 6) is 1.06. The van der Waals surface area contributed by atoms with Gasteiger partial charge in [0.25, 0.3) is 5.89 Å². The quantitative estimate of drug-likeness (QED) is 0.448. The van der Waals surface area contributed by atoms with E-state index < -0.39 is 0 Å². The standard InChI is InChI=1S/C23H21ClN4O2/c1-3-14-6-4-5-7-18(14)19-9-8-15(10-17(19)13-29-2)23-27-22(28-30-23)16-11-20(24)21(25)26-12-16/h4-12H,3,13H2,1-2H3,(H2,25,26). The number of pyridine rings is 1. The molecule has 0 saturated heterocycles. The predicted molar refractivity (Wildman–Crippen MR) is 118 cm³/mol. The molecular weight excluding hydrogens is 400 g/mol. The van der Waals surface area contributed by atoms with Crippen molar-refractivity contribution in [3.63, 3.8) is 0 Å². The molecule has 0 aliphatic rings. The third kappa shape index (κ3) is 3.92. The summed E-state index contributed by atoms with van der Waals surface area (Å²) in [5.41, 5.74) is 11.8. The summed E-state index contributed by atoms with van der Waals surface area (Å²) in [5, 5.41) is 4.41. The molecule has 2 aromatic heterocycles. The number of ether oxygens (including phenoxy) is 1. The molecule has 152 valence electrons. The number of halogens is 1. The number of rotatable bonds is 6. The van der Waals surface area contributed by atoms with Gasteiger partial charge < -0.3 is 15.0 Å². The molecule has 7 heteroatoms. The molecule has 0 atom stereocenters. The first-order valence-corrected chi connectivity index (χ1v) is 9.94. The van der Waals surface area contributed by atoms with E-state index in [1.54, 1.807) is 19.4 Å². The molecule has 0 spiro atoms. The molecule has 6 nitrogen and oxygen atoms in total. The molecule has 2 N–H and O–H groups in total. The van der Waals surface area contributed by atoms with E-state index in [0.717, 1.165) is 23.1 Å². The summed E-state index contributed by atoms with van der Waals surface area (Å²) in [6, 6.07) is 16.1. The van der Waals surface area contributed by atoms with Crippen molar-refractivity contribution in [2.45, 2.75) is 20.0 Å². The Bertz CT molecular complexity index is 1190. The van der Waals surface area contributed by atoms with Gasteiger partial charge >= 0.3 is 0 Å².